The van der Waals surface area contributed by atoms with Gasteiger partial charge in [0.05, 0.1) is 6.04 Å². The van der Waals surface area contributed by atoms with Crippen molar-refractivity contribution >= 4 is 5.91 Å². The predicted octanol–water partition coefficient (Wildman–Crippen LogP) is 2.52. The van der Waals surface area contributed by atoms with E-state index in [-0.39, 0.29) is 17.9 Å². The smallest absolute Gasteiger partial charge is 0.223 e. The van der Waals surface area contributed by atoms with Crippen molar-refractivity contribution in [3.05, 3.63) is 12.2 Å². The Balaban J connectivity index is 1.48. The Labute approximate surface area is 145 Å². The maximum absolute atomic E-state index is 12.6. The molecule has 0 radical (unpaired) electrons. The van der Waals surface area contributed by atoms with Gasteiger partial charge in [0.25, 0.3) is 0 Å². The van der Waals surface area contributed by atoms with Gasteiger partial charge >= 0.3 is 0 Å². The van der Waals surface area contributed by atoms with Gasteiger partial charge in [-0.25, -0.2) is 9.67 Å². The fourth-order valence-corrected chi connectivity index (χ4v) is 4.22. The molecule has 1 amide bonds. The molecule has 1 aliphatic carbocycles. The van der Waals surface area contributed by atoms with E-state index in [4.69, 9.17) is 0 Å². The highest BCUT2D eigenvalue weighted by atomic mass is 16.2. The summed E-state index contributed by atoms with van der Waals surface area (Å²) in [6, 6.07) is 0.682. The molecular formula is C18H31N5O. The van der Waals surface area contributed by atoms with E-state index in [9.17, 15) is 4.79 Å². The summed E-state index contributed by atoms with van der Waals surface area (Å²) in [5, 5.41) is 7.33. The molecule has 1 atom stereocenters. The summed E-state index contributed by atoms with van der Waals surface area (Å²) in [5.74, 6) is 1.16. The number of carbonyl (C=O) groups is 1. The highest BCUT2D eigenvalue weighted by Gasteiger charge is 2.30. The van der Waals surface area contributed by atoms with Crippen LogP contribution in [-0.4, -0.2) is 44.7 Å². The molecule has 0 bridgehead atoms. The van der Waals surface area contributed by atoms with E-state index in [1.165, 1.54) is 32.1 Å². The van der Waals surface area contributed by atoms with Gasteiger partial charge < -0.3 is 10.2 Å². The highest BCUT2D eigenvalue weighted by molar-refractivity contribution is 5.79. The lowest BCUT2D eigenvalue weighted by Gasteiger charge is -2.39. The van der Waals surface area contributed by atoms with Crippen molar-refractivity contribution in [2.45, 2.75) is 77.4 Å². The van der Waals surface area contributed by atoms with Crippen LogP contribution in [0.25, 0.3) is 0 Å². The summed E-state index contributed by atoms with van der Waals surface area (Å²) >= 11 is 0. The van der Waals surface area contributed by atoms with Crippen molar-refractivity contribution < 1.29 is 4.79 Å². The fraction of sp³-hybridized carbons (Fsp3) is 0.833. The van der Waals surface area contributed by atoms with Crippen LogP contribution in [0, 0.1) is 5.92 Å². The summed E-state index contributed by atoms with van der Waals surface area (Å²) in [4.78, 5) is 19.5. The van der Waals surface area contributed by atoms with Crippen LogP contribution < -0.4 is 5.32 Å². The van der Waals surface area contributed by atoms with E-state index in [0.29, 0.717) is 0 Å². The number of carbonyl (C=O) groups excluding carboxylic acids is 1. The first-order chi connectivity index (χ1) is 11.7. The number of piperidine rings is 1. The van der Waals surface area contributed by atoms with Gasteiger partial charge in [0.15, 0.2) is 0 Å². The van der Waals surface area contributed by atoms with Crippen molar-refractivity contribution in [3.63, 3.8) is 0 Å². The van der Waals surface area contributed by atoms with E-state index in [1.54, 1.807) is 6.33 Å². The number of aryl methyl sites for hydroxylation is 1. The van der Waals surface area contributed by atoms with Gasteiger partial charge in [-0.15, -0.1) is 0 Å². The first-order valence-corrected chi connectivity index (χ1v) is 9.61. The van der Waals surface area contributed by atoms with E-state index < -0.39 is 0 Å². The number of likely N-dealkylation sites (tertiary alicyclic amines) is 1. The molecule has 134 valence electrons. The summed E-state index contributed by atoms with van der Waals surface area (Å²) in [6.07, 6.45) is 10.4. The summed E-state index contributed by atoms with van der Waals surface area (Å²) in [6.45, 7) is 6.94. The molecule has 0 aromatic carbocycles. The number of nitrogens with zero attached hydrogens (tertiary/aromatic N) is 4. The van der Waals surface area contributed by atoms with Gasteiger partial charge in [0.1, 0.15) is 12.2 Å². The quantitative estimate of drug-likeness (QED) is 0.899. The van der Waals surface area contributed by atoms with Gasteiger partial charge in [-0.2, -0.15) is 5.10 Å². The highest BCUT2D eigenvalue weighted by Crippen LogP contribution is 2.27. The van der Waals surface area contributed by atoms with Gasteiger partial charge in [-0.3, -0.25) is 4.79 Å². The molecule has 1 unspecified atom stereocenters. The van der Waals surface area contributed by atoms with Gasteiger partial charge in [0, 0.05) is 18.5 Å². The summed E-state index contributed by atoms with van der Waals surface area (Å²) in [5.41, 5.74) is 0. The van der Waals surface area contributed by atoms with Crippen LogP contribution in [0.4, 0.5) is 0 Å². The minimum Gasteiger partial charge on any atom is -0.346 e. The Morgan fingerprint density at radius 1 is 1.25 bits per heavy atom. The maximum Gasteiger partial charge on any atom is 0.223 e. The fourth-order valence-electron chi connectivity index (χ4n) is 4.22. The third kappa shape index (κ3) is 3.97. The molecule has 6 heteroatoms. The molecule has 6 nitrogen and oxygen atoms in total. The lowest BCUT2D eigenvalue weighted by molar-refractivity contribution is -0.127. The predicted molar refractivity (Wildman–Crippen MR) is 93.4 cm³/mol. The molecule has 1 aliphatic heterocycles. The van der Waals surface area contributed by atoms with Gasteiger partial charge in [-0.1, -0.05) is 19.3 Å². The largest absolute Gasteiger partial charge is 0.346 e. The number of nitrogens with one attached hydrogen (secondary N) is 1. The second-order valence-corrected chi connectivity index (χ2v) is 7.27. The first kappa shape index (κ1) is 17.4. The molecule has 3 rings (SSSR count). The number of rotatable bonds is 5. The zero-order valence-corrected chi connectivity index (χ0v) is 15.1. The Morgan fingerprint density at radius 2 is 1.96 bits per heavy atom. The summed E-state index contributed by atoms with van der Waals surface area (Å²) in [7, 11) is 0. The number of hydrogen-bond acceptors (Lipinski definition) is 4. The molecule has 1 N–H and O–H groups in total. The van der Waals surface area contributed by atoms with Crippen molar-refractivity contribution in [2.75, 3.05) is 13.1 Å². The average Bonchev–Trinajstić information content (AvgIpc) is 3.11. The van der Waals surface area contributed by atoms with Crippen LogP contribution >= 0.6 is 0 Å². The van der Waals surface area contributed by atoms with E-state index in [1.807, 2.05) is 18.5 Å². The third-order valence-electron chi connectivity index (χ3n) is 5.68. The standard InChI is InChI=1S/C18H31N5O/c1-3-23-17(19-13-20-23)14(2)21-18(24)15-9-11-22(12-10-15)16-7-5-4-6-8-16/h13-16H,3-12H2,1-2H3,(H,21,24). The molecule has 2 heterocycles. The Kier molecular flexibility index (Phi) is 5.87. The number of aromatic nitrogens is 3. The Hall–Kier alpha value is -1.43. The minimum absolute atomic E-state index is 0.0867. The molecule has 0 spiro atoms. The van der Waals surface area contributed by atoms with E-state index in [2.05, 4.69) is 20.3 Å². The molecule has 2 fully saturated rings. The van der Waals surface area contributed by atoms with Gasteiger partial charge in [0.2, 0.25) is 5.91 Å². The summed E-state index contributed by atoms with van der Waals surface area (Å²) < 4.78 is 1.84. The van der Waals surface area contributed by atoms with Crippen LogP contribution in [0.5, 0.6) is 0 Å². The molecule has 1 aromatic rings. The Morgan fingerprint density at radius 3 is 2.62 bits per heavy atom. The molecule has 1 aromatic heterocycles. The lowest BCUT2D eigenvalue weighted by atomic mass is 9.89. The molecule has 24 heavy (non-hydrogen) atoms. The lowest BCUT2D eigenvalue weighted by Crippen LogP contribution is -2.45. The topological polar surface area (TPSA) is 63.1 Å². The van der Waals surface area contributed by atoms with Gasteiger partial charge in [-0.05, 0) is 52.6 Å². The third-order valence-corrected chi connectivity index (χ3v) is 5.68. The van der Waals surface area contributed by atoms with Crippen LogP contribution in [0.2, 0.25) is 0 Å². The van der Waals surface area contributed by atoms with E-state index in [0.717, 1.165) is 44.3 Å². The first-order valence-electron chi connectivity index (χ1n) is 9.61. The van der Waals surface area contributed by atoms with E-state index >= 15 is 0 Å². The van der Waals surface area contributed by atoms with Crippen LogP contribution in [0.3, 0.4) is 0 Å². The number of amides is 1. The van der Waals surface area contributed by atoms with Crippen molar-refractivity contribution in [3.8, 4) is 0 Å². The average molecular weight is 333 g/mol. The SMILES string of the molecule is CCn1ncnc1C(C)NC(=O)C1CCN(C2CCCCC2)CC1. The van der Waals surface area contributed by atoms with Crippen LogP contribution in [0.1, 0.15) is 70.7 Å². The maximum atomic E-state index is 12.6. The minimum atomic E-state index is -0.0867. The molecule has 2 aliphatic rings. The second-order valence-electron chi connectivity index (χ2n) is 7.27. The van der Waals surface area contributed by atoms with Crippen LogP contribution in [-0.2, 0) is 11.3 Å². The molecular weight excluding hydrogens is 302 g/mol. The monoisotopic (exact) mass is 333 g/mol. The van der Waals surface area contributed by atoms with Crippen LogP contribution in [0.15, 0.2) is 6.33 Å². The normalized spacial score (nSPS) is 22.4. The van der Waals surface area contributed by atoms with Crippen molar-refractivity contribution in [1.82, 2.24) is 25.0 Å². The van der Waals surface area contributed by atoms with Crippen molar-refractivity contribution in [2.24, 2.45) is 5.92 Å². The zero-order chi connectivity index (χ0) is 16.9. The zero-order valence-electron chi connectivity index (χ0n) is 15.1. The molecule has 1 saturated carbocycles. The number of hydrogen-bond donors (Lipinski definition) is 1. The molecule has 1 saturated heterocycles. The second kappa shape index (κ2) is 8.10. The Bertz CT molecular complexity index is 529. The van der Waals surface area contributed by atoms with Crippen molar-refractivity contribution in [1.29, 1.82) is 0 Å².